The first-order chi connectivity index (χ1) is 14.7. The van der Waals surface area contributed by atoms with Gasteiger partial charge in [-0.2, -0.15) is 4.98 Å². The van der Waals surface area contributed by atoms with Crippen LogP contribution in [0.3, 0.4) is 0 Å². The third-order valence-electron chi connectivity index (χ3n) is 5.53. The molecular weight excluding hydrogens is 451 g/mol. The highest BCUT2D eigenvalue weighted by Crippen LogP contribution is 2.38. The minimum atomic E-state index is -3.85. The van der Waals surface area contributed by atoms with E-state index in [1.165, 1.54) is 6.42 Å². The predicted molar refractivity (Wildman–Crippen MR) is 112 cm³/mol. The standard InChI is InChI=1S/C18H26ClN4O7P/c1-31(26,27)30-28-9-12-13(24)14(25)17(29-12)23-8-7-11-15(21-18(19)22-16(11)23)20-10-5-3-2-4-6-10/h7-8,10,12-14,17,24-25H,2-6,9H2,1H3,(H,26,27)(H,20,21,22)/t12-,13-,14-,17-/m1/s1. The number of hydrogen-bond acceptors (Lipinski definition) is 9. The second-order valence-corrected chi connectivity index (χ2v) is 10.1. The van der Waals surface area contributed by atoms with E-state index in [9.17, 15) is 14.8 Å². The number of rotatable bonds is 7. The van der Waals surface area contributed by atoms with Crippen molar-refractivity contribution in [3.63, 3.8) is 0 Å². The van der Waals surface area contributed by atoms with E-state index in [0.717, 1.165) is 37.7 Å². The van der Waals surface area contributed by atoms with Gasteiger partial charge < -0.3 is 29.7 Å². The lowest BCUT2D eigenvalue weighted by Crippen LogP contribution is -2.33. The number of anilines is 1. The maximum atomic E-state index is 11.2. The summed E-state index contributed by atoms with van der Waals surface area (Å²) in [6.07, 6.45) is 2.79. The highest BCUT2D eigenvalue weighted by molar-refractivity contribution is 7.51. The average Bonchev–Trinajstić information content (AvgIpc) is 3.24. The van der Waals surface area contributed by atoms with Crippen LogP contribution in [0.25, 0.3) is 11.0 Å². The molecule has 3 heterocycles. The van der Waals surface area contributed by atoms with Gasteiger partial charge in [0.05, 0.1) is 5.39 Å². The highest BCUT2D eigenvalue weighted by Gasteiger charge is 2.44. The fourth-order valence-electron chi connectivity index (χ4n) is 4.05. The Hall–Kier alpha value is -1.30. The molecule has 1 unspecified atom stereocenters. The van der Waals surface area contributed by atoms with Crippen molar-refractivity contribution in [2.75, 3.05) is 18.6 Å². The average molecular weight is 477 g/mol. The van der Waals surface area contributed by atoms with Gasteiger partial charge >= 0.3 is 7.60 Å². The Morgan fingerprint density at radius 3 is 2.74 bits per heavy atom. The first-order valence-corrected chi connectivity index (χ1v) is 12.6. The van der Waals surface area contributed by atoms with Crippen LogP contribution in [0, 0.1) is 0 Å². The third-order valence-corrected chi connectivity index (χ3v) is 6.08. The van der Waals surface area contributed by atoms with Crippen LogP contribution in [-0.2, 0) is 18.9 Å². The van der Waals surface area contributed by atoms with Gasteiger partial charge in [-0.25, -0.2) is 9.87 Å². The first kappa shape index (κ1) is 22.9. The number of aliphatic hydroxyl groups excluding tert-OH is 2. The molecule has 0 spiro atoms. The number of hydrogen-bond donors (Lipinski definition) is 4. The molecule has 4 N–H and O–H groups in total. The number of halogens is 1. The van der Waals surface area contributed by atoms with Crippen LogP contribution in [0.2, 0.25) is 5.28 Å². The topological polar surface area (TPSA) is 148 Å². The second-order valence-electron chi connectivity index (χ2n) is 7.99. The summed E-state index contributed by atoms with van der Waals surface area (Å²) in [5.41, 5.74) is 0.445. The molecule has 4 rings (SSSR count). The lowest BCUT2D eigenvalue weighted by atomic mass is 9.95. The third kappa shape index (κ3) is 5.20. The fraction of sp³-hybridized carbons (Fsp3) is 0.667. The summed E-state index contributed by atoms with van der Waals surface area (Å²) < 4.78 is 22.8. The Bertz CT molecular complexity index is 964. The lowest BCUT2D eigenvalue weighted by Gasteiger charge is -2.23. The number of nitrogens with zero attached hydrogens (tertiary/aromatic N) is 3. The molecule has 2 aromatic heterocycles. The molecule has 5 atom stereocenters. The van der Waals surface area contributed by atoms with Crippen LogP contribution in [0.4, 0.5) is 5.82 Å². The summed E-state index contributed by atoms with van der Waals surface area (Å²) in [5.74, 6) is 0.614. The Morgan fingerprint density at radius 2 is 2.03 bits per heavy atom. The van der Waals surface area contributed by atoms with E-state index >= 15 is 0 Å². The molecular formula is C18H26ClN4O7P. The van der Waals surface area contributed by atoms with Gasteiger partial charge in [-0.15, -0.1) is 4.67 Å². The molecule has 1 aliphatic heterocycles. The Morgan fingerprint density at radius 1 is 1.29 bits per heavy atom. The Kier molecular flexibility index (Phi) is 6.85. The molecule has 172 valence electrons. The van der Waals surface area contributed by atoms with E-state index in [4.69, 9.17) is 26.1 Å². The smallest absolute Gasteiger partial charge is 0.352 e. The van der Waals surface area contributed by atoms with Gasteiger partial charge in [0.2, 0.25) is 5.28 Å². The molecule has 0 aromatic carbocycles. The number of aliphatic hydroxyl groups is 2. The number of ether oxygens (including phenoxy) is 1. The molecule has 11 nitrogen and oxygen atoms in total. The zero-order chi connectivity index (χ0) is 22.2. The van der Waals surface area contributed by atoms with Gasteiger partial charge in [0.25, 0.3) is 0 Å². The second kappa shape index (κ2) is 9.29. The molecule has 13 heteroatoms. The van der Waals surface area contributed by atoms with Crippen LogP contribution >= 0.6 is 19.2 Å². The predicted octanol–water partition coefficient (Wildman–Crippen LogP) is 2.21. The van der Waals surface area contributed by atoms with Crippen molar-refractivity contribution in [3.05, 3.63) is 17.5 Å². The molecule has 2 fully saturated rings. The summed E-state index contributed by atoms with van der Waals surface area (Å²) >= 11 is 6.17. The van der Waals surface area contributed by atoms with Gasteiger partial charge in [0, 0.05) is 18.9 Å². The van der Waals surface area contributed by atoms with E-state index in [-0.39, 0.29) is 11.9 Å². The SMILES string of the molecule is CP(=O)(O)OOC[C@H]1O[C@@H](n2ccc3c(NC4CCCCC4)nc(Cl)nc32)[C@H](O)[C@@H]1O. The molecule has 2 aliphatic rings. The summed E-state index contributed by atoms with van der Waals surface area (Å²) in [6.45, 7) is 0.613. The van der Waals surface area contributed by atoms with E-state index in [2.05, 4.69) is 20.0 Å². The summed E-state index contributed by atoms with van der Waals surface area (Å²) in [7, 11) is -3.85. The van der Waals surface area contributed by atoms with Gasteiger partial charge in [0.1, 0.15) is 36.4 Å². The Labute approximate surface area is 183 Å². The summed E-state index contributed by atoms with van der Waals surface area (Å²) in [4.78, 5) is 22.4. The van der Waals surface area contributed by atoms with E-state index in [0.29, 0.717) is 17.5 Å². The van der Waals surface area contributed by atoms with Crippen molar-refractivity contribution < 1.29 is 34.0 Å². The zero-order valence-corrected chi connectivity index (χ0v) is 18.6. The summed E-state index contributed by atoms with van der Waals surface area (Å²) in [6, 6.07) is 2.11. The normalized spacial score (nSPS) is 29.3. The number of fused-ring (bicyclic) bond motifs is 1. The highest BCUT2D eigenvalue weighted by atomic mass is 35.5. The quantitative estimate of drug-likeness (QED) is 0.203. The Balaban J connectivity index is 1.54. The fourth-order valence-corrected chi connectivity index (χ4v) is 4.48. The monoisotopic (exact) mass is 476 g/mol. The van der Waals surface area contributed by atoms with E-state index in [1.54, 1.807) is 16.8 Å². The molecule has 2 aromatic rings. The van der Waals surface area contributed by atoms with Crippen molar-refractivity contribution in [2.45, 2.75) is 62.7 Å². The van der Waals surface area contributed by atoms with Crippen molar-refractivity contribution in [3.8, 4) is 0 Å². The van der Waals surface area contributed by atoms with Crippen molar-refractivity contribution in [1.82, 2.24) is 14.5 Å². The van der Waals surface area contributed by atoms with Crippen LogP contribution in [0.5, 0.6) is 0 Å². The van der Waals surface area contributed by atoms with Gasteiger partial charge in [0.15, 0.2) is 6.23 Å². The van der Waals surface area contributed by atoms with Crippen molar-refractivity contribution in [1.29, 1.82) is 0 Å². The van der Waals surface area contributed by atoms with Crippen molar-refractivity contribution in [2.24, 2.45) is 0 Å². The molecule has 31 heavy (non-hydrogen) atoms. The van der Waals surface area contributed by atoms with E-state index < -0.39 is 32.1 Å². The molecule has 1 saturated carbocycles. The largest absolute Gasteiger partial charge is 0.387 e. The molecule has 0 amide bonds. The van der Waals surface area contributed by atoms with Gasteiger partial charge in [-0.3, -0.25) is 4.57 Å². The number of nitrogens with one attached hydrogen (secondary N) is 1. The minimum absolute atomic E-state index is 0.0497. The van der Waals surface area contributed by atoms with Crippen LogP contribution in [-0.4, -0.2) is 67.3 Å². The van der Waals surface area contributed by atoms with Crippen LogP contribution in [0.15, 0.2) is 12.3 Å². The van der Waals surface area contributed by atoms with Crippen LogP contribution < -0.4 is 5.32 Å². The molecule has 0 radical (unpaired) electrons. The number of aromatic nitrogens is 3. The summed E-state index contributed by atoms with van der Waals surface area (Å²) in [5, 5.41) is 25.1. The first-order valence-electron chi connectivity index (χ1n) is 10.2. The zero-order valence-electron chi connectivity index (χ0n) is 16.9. The van der Waals surface area contributed by atoms with E-state index in [1.807, 2.05) is 0 Å². The van der Waals surface area contributed by atoms with Crippen molar-refractivity contribution >= 4 is 36.0 Å². The lowest BCUT2D eigenvalue weighted by molar-refractivity contribution is -0.238. The molecule has 1 saturated heterocycles. The maximum absolute atomic E-state index is 11.2. The maximum Gasteiger partial charge on any atom is 0.352 e. The minimum Gasteiger partial charge on any atom is -0.387 e. The van der Waals surface area contributed by atoms with Gasteiger partial charge in [-0.1, -0.05) is 19.3 Å². The molecule has 1 aliphatic carbocycles. The molecule has 0 bridgehead atoms. The van der Waals surface area contributed by atoms with Crippen LogP contribution in [0.1, 0.15) is 38.3 Å². The van der Waals surface area contributed by atoms with Gasteiger partial charge in [-0.05, 0) is 30.5 Å².